The molecule has 3 aromatic rings. The molecule has 2 aromatic heterocycles. The van der Waals surface area contributed by atoms with Gasteiger partial charge >= 0.3 is 5.97 Å². The number of pyridine rings is 1. The number of aromatic nitrogens is 2. The minimum Gasteiger partial charge on any atom is -0.504 e. The highest BCUT2D eigenvalue weighted by molar-refractivity contribution is 5.95. The SMILES string of the molecule is COc1cccn2c(COc3ccccc3O)nc(C(=O)O)c12. The molecular weight excluding hydrogens is 300 g/mol. The van der Waals surface area contributed by atoms with Crippen molar-refractivity contribution in [2.45, 2.75) is 6.61 Å². The summed E-state index contributed by atoms with van der Waals surface area (Å²) in [6.45, 7) is -0.000806. The third-order valence-electron chi connectivity index (χ3n) is 3.34. The van der Waals surface area contributed by atoms with Crippen LogP contribution in [0.5, 0.6) is 17.2 Å². The summed E-state index contributed by atoms with van der Waals surface area (Å²) in [4.78, 5) is 15.5. The summed E-state index contributed by atoms with van der Waals surface area (Å²) in [7, 11) is 1.46. The van der Waals surface area contributed by atoms with Crippen LogP contribution in [0.4, 0.5) is 0 Å². The lowest BCUT2D eigenvalue weighted by Crippen LogP contribution is -2.01. The van der Waals surface area contributed by atoms with Crippen molar-refractivity contribution in [1.29, 1.82) is 0 Å². The molecule has 0 aliphatic rings. The molecule has 0 unspecified atom stereocenters. The molecule has 3 rings (SSSR count). The lowest BCUT2D eigenvalue weighted by atomic mass is 10.3. The number of fused-ring (bicyclic) bond motifs is 1. The zero-order chi connectivity index (χ0) is 16.4. The van der Waals surface area contributed by atoms with E-state index < -0.39 is 5.97 Å². The van der Waals surface area contributed by atoms with E-state index in [2.05, 4.69) is 4.98 Å². The summed E-state index contributed by atoms with van der Waals surface area (Å²) < 4.78 is 12.3. The molecule has 0 aliphatic carbocycles. The van der Waals surface area contributed by atoms with E-state index in [1.54, 1.807) is 40.9 Å². The van der Waals surface area contributed by atoms with Gasteiger partial charge in [-0.1, -0.05) is 12.1 Å². The second-order valence-electron chi connectivity index (χ2n) is 4.73. The number of hydrogen-bond donors (Lipinski definition) is 2. The van der Waals surface area contributed by atoms with Gasteiger partial charge in [-0.15, -0.1) is 0 Å². The maximum atomic E-state index is 11.4. The van der Waals surface area contributed by atoms with Crippen molar-refractivity contribution in [3.8, 4) is 17.2 Å². The van der Waals surface area contributed by atoms with Gasteiger partial charge in [-0.3, -0.25) is 4.40 Å². The quantitative estimate of drug-likeness (QED) is 0.751. The number of aromatic carboxylic acids is 1. The molecule has 0 amide bonds. The van der Waals surface area contributed by atoms with Gasteiger partial charge in [0.2, 0.25) is 0 Å². The molecule has 0 saturated heterocycles. The highest BCUT2D eigenvalue weighted by atomic mass is 16.5. The van der Waals surface area contributed by atoms with Crippen molar-refractivity contribution in [3.63, 3.8) is 0 Å². The summed E-state index contributed by atoms with van der Waals surface area (Å²) in [5, 5.41) is 19.0. The average molecular weight is 314 g/mol. The van der Waals surface area contributed by atoms with Crippen LogP contribution < -0.4 is 9.47 Å². The molecule has 7 heteroatoms. The molecule has 7 nitrogen and oxygen atoms in total. The molecule has 23 heavy (non-hydrogen) atoms. The first-order valence-electron chi connectivity index (χ1n) is 6.80. The van der Waals surface area contributed by atoms with Crippen LogP contribution in [0.25, 0.3) is 5.52 Å². The predicted octanol–water partition coefficient (Wildman–Crippen LogP) is 2.33. The van der Waals surface area contributed by atoms with E-state index in [1.165, 1.54) is 13.2 Å². The predicted molar refractivity (Wildman–Crippen MR) is 81.1 cm³/mol. The van der Waals surface area contributed by atoms with E-state index in [0.717, 1.165) is 0 Å². The maximum absolute atomic E-state index is 11.4. The highest BCUT2D eigenvalue weighted by Crippen LogP contribution is 2.27. The lowest BCUT2D eigenvalue weighted by Gasteiger charge is -2.08. The Bertz CT molecular complexity index is 872. The van der Waals surface area contributed by atoms with Gasteiger partial charge in [-0.25, -0.2) is 9.78 Å². The van der Waals surface area contributed by atoms with E-state index >= 15 is 0 Å². The molecule has 0 spiro atoms. The van der Waals surface area contributed by atoms with Crippen molar-refractivity contribution in [1.82, 2.24) is 9.38 Å². The number of benzene rings is 1. The number of para-hydroxylation sites is 2. The molecular formula is C16H14N2O5. The number of carboxylic acids is 1. The Morgan fingerprint density at radius 1 is 1.22 bits per heavy atom. The summed E-state index contributed by atoms with van der Waals surface area (Å²) in [5.41, 5.74) is 0.247. The molecule has 2 heterocycles. The number of ether oxygens (including phenoxy) is 2. The van der Waals surface area contributed by atoms with Crippen molar-refractivity contribution in [2.24, 2.45) is 0 Å². The standard InChI is InChI=1S/C16H14N2O5/c1-22-12-7-4-8-18-13(17-14(15(12)18)16(20)21)9-23-11-6-3-2-5-10(11)19/h2-8,19H,9H2,1H3,(H,20,21). The first-order valence-corrected chi connectivity index (χ1v) is 6.80. The van der Waals surface area contributed by atoms with Gasteiger partial charge in [0.1, 0.15) is 17.9 Å². The van der Waals surface area contributed by atoms with Crippen molar-refractivity contribution in [2.75, 3.05) is 7.11 Å². The molecule has 0 fully saturated rings. The second kappa shape index (κ2) is 5.88. The number of aromatic hydroxyl groups is 1. The molecule has 0 aliphatic heterocycles. The summed E-state index contributed by atoms with van der Waals surface area (Å²) >= 11 is 0. The topological polar surface area (TPSA) is 93.3 Å². The highest BCUT2D eigenvalue weighted by Gasteiger charge is 2.20. The average Bonchev–Trinajstić information content (AvgIpc) is 2.93. The maximum Gasteiger partial charge on any atom is 0.356 e. The van der Waals surface area contributed by atoms with Crippen molar-refractivity contribution >= 4 is 11.5 Å². The van der Waals surface area contributed by atoms with Gasteiger partial charge in [0.15, 0.2) is 23.0 Å². The number of imidazole rings is 1. The van der Waals surface area contributed by atoms with E-state index in [0.29, 0.717) is 22.8 Å². The fourth-order valence-corrected chi connectivity index (χ4v) is 2.31. The van der Waals surface area contributed by atoms with Crippen LogP contribution in [-0.2, 0) is 6.61 Å². The van der Waals surface area contributed by atoms with E-state index in [4.69, 9.17) is 9.47 Å². The van der Waals surface area contributed by atoms with Crippen molar-refractivity contribution in [3.05, 3.63) is 54.1 Å². The number of carboxylic acid groups (broad SMARTS) is 1. The van der Waals surface area contributed by atoms with Gasteiger partial charge in [-0.05, 0) is 24.3 Å². The summed E-state index contributed by atoms with van der Waals surface area (Å²) in [6, 6.07) is 9.92. The van der Waals surface area contributed by atoms with Crippen LogP contribution in [0.3, 0.4) is 0 Å². The second-order valence-corrected chi connectivity index (χ2v) is 4.73. The van der Waals surface area contributed by atoms with E-state index in [9.17, 15) is 15.0 Å². The number of phenolic OH excluding ortho intramolecular Hbond substituents is 1. The fraction of sp³-hybridized carbons (Fsp3) is 0.125. The Labute approximate surface area is 131 Å². The van der Waals surface area contributed by atoms with E-state index in [1.807, 2.05) is 0 Å². The van der Waals surface area contributed by atoms with Crippen LogP contribution in [0.15, 0.2) is 42.6 Å². The number of rotatable bonds is 5. The number of hydrogen-bond acceptors (Lipinski definition) is 5. The summed E-state index contributed by atoms with van der Waals surface area (Å²) in [6.07, 6.45) is 1.68. The van der Waals surface area contributed by atoms with E-state index in [-0.39, 0.29) is 18.1 Å². The minimum absolute atomic E-state index is 0.000806. The van der Waals surface area contributed by atoms with Gasteiger partial charge in [0.25, 0.3) is 0 Å². The molecule has 0 radical (unpaired) electrons. The monoisotopic (exact) mass is 314 g/mol. The van der Waals surface area contributed by atoms with Crippen LogP contribution >= 0.6 is 0 Å². The van der Waals surface area contributed by atoms with Crippen molar-refractivity contribution < 1.29 is 24.5 Å². The van der Waals surface area contributed by atoms with Gasteiger partial charge in [0, 0.05) is 6.20 Å². The number of phenols is 1. The first kappa shape index (κ1) is 14.7. The fourth-order valence-electron chi connectivity index (χ4n) is 2.31. The van der Waals surface area contributed by atoms with Gasteiger partial charge < -0.3 is 19.7 Å². The molecule has 118 valence electrons. The largest absolute Gasteiger partial charge is 0.504 e. The Balaban J connectivity index is 2.01. The third-order valence-corrected chi connectivity index (χ3v) is 3.34. The van der Waals surface area contributed by atoms with Gasteiger partial charge in [0.05, 0.1) is 7.11 Å². The van der Waals surface area contributed by atoms with Gasteiger partial charge in [-0.2, -0.15) is 0 Å². The zero-order valence-electron chi connectivity index (χ0n) is 12.3. The lowest BCUT2D eigenvalue weighted by molar-refractivity contribution is 0.0692. The molecule has 0 bridgehead atoms. The van der Waals surface area contributed by atoms with Crippen LogP contribution in [-0.4, -0.2) is 32.7 Å². The Hall–Kier alpha value is -3.22. The Morgan fingerprint density at radius 3 is 2.65 bits per heavy atom. The number of nitrogens with zero attached hydrogens (tertiary/aromatic N) is 2. The molecule has 2 N–H and O–H groups in total. The first-order chi connectivity index (χ1) is 11.1. The van der Waals surface area contributed by atoms with Crippen LogP contribution in [0, 0.1) is 0 Å². The molecule has 0 saturated carbocycles. The van der Waals surface area contributed by atoms with Crippen LogP contribution in [0.1, 0.15) is 16.3 Å². The van der Waals surface area contributed by atoms with Crippen LogP contribution in [0.2, 0.25) is 0 Å². The number of carbonyl (C=O) groups is 1. The minimum atomic E-state index is -1.15. The Kier molecular flexibility index (Phi) is 3.76. The smallest absolute Gasteiger partial charge is 0.356 e. The molecule has 1 aromatic carbocycles. The summed E-state index contributed by atoms with van der Waals surface area (Å²) in [5.74, 6) is -0.0556. The zero-order valence-corrected chi connectivity index (χ0v) is 12.3. The Morgan fingerprint density at radius 2 is 1.96 bits per heavy atom. The number of methoxy groups -OCH3 is 1. The third kappa shape index (κ3) is 2.64. The molecule has 0 atom stereocenters. The normalized spacial score (nSPS) is 10.7.